The van der Waals surface area contributed by atoms with E-state index in [0.29, 0.717) is 25.7 Å². The van der Waals surface area contributed by atoms with Crippen LogP contribution in [0.1, 0.15) is 303 Å². The Morgan fingerprint density at radius 1 is 0.252 bits per heavy atom. The number of carbonyl (C=O) groups is 3. The second-order valence-electron chi connectivity index (χ2n) is 27.5. The zero-order chi connectivity index (χ0) is 80.8. The third-order valence-electron chi connectivity index (χ3n) is 17.0. The second kappa shape index (κ2) is 83.6. The van der Waals surface area contributed by atoms with E-state index >= 15 is 0 Å². The molecule has 0 amide bonds. The van der Waals surface area contributed by atoms with Gasteiger partial charge in [-0.05, 0) is 167 Å². The van der Waals surface area contributed by atoms with E-state index in [1.807, 2.05) is 0 Å². The van der Waals surface area contributed by atoms with Crippen LogP contribution in [0.4, 0.5) is 0 Å². The molecule has 0 radical (unpaired) electrons. The third kappa shape index (κ3) is 84.9. The van der Waals surface area contributed by atoms with Gasteiger partial charge in [0.15, 0.2) is 6.10 Å². The number of ether oxygens (including phenoxy) is 3. The maximum atomic E-state index is 13.0. The summed E-state index contributed by atoms with van der Waals surface area (Å²) in [4.78, 5) is 58.8. The van der Waals surface area contributed by atoms with Crippen LogP contribution in [0.2, 0.25) is 0 Å². The predicted octanol–water partition coefficient (Wildman–Crippen LogP) is 25.7. The summed E-state index contributed by atoms with van der Waals surface area (Å²) in [6, 6.07) is 0. The first kappa shape index (κ1) is 105. The number of hydrogen-bond acceptors (Lipinski definition) is 14. The summed E-state index contributed by atoms with van der Waals surface area (Å²) in [6.07, 6.45) is 112. The Morgan fingerprint density at radius 2 is 0.450 bits per heavy atom. The van der Waals surface area contributed by atoms with Crippen LogP contribution in [0.25, 0.3) is 0 Å². The van der Waals surface area contributed by atoms with E-state index in [2.05, 4.69) is 227 Å². The molecule has 18 heteroatoms. The van der Waals surface area contributed by atoms with Crippen LogP contribution in [-0.4, -0.2) is 95.9 Å². The van der Waals surface area contributed by atoms with Gasteiger partial charge in [-0.15, -0.1) is 0 Å². The van der Waals surface area contributed by atoms with Gasteiger partial charge in [0.25, 0.3) is 0 Å². The normalized spacial score (nSPS) is 14.9. The third-order valence-corrected chi connectivity index (χ3v) is 18.9. The van der Waals surface area contributed by atoms with E-state index in [-0.39, 0.29) is 19.3 Å². The monoisotopic (exact) mass is 1590 g/mol. The lowest BCUT2D eigenvalue weighted by atomic mass is 10.0. The van der Waals surface area contributed by atoms with Crippen LogP contribution >= 0.6 is 15.6 Å². The first-order chi connectivity index (χ1) is 54.2. The van der Waals surface area contributed by atoms with Gasteiger partial charge in [-0.1, -0.05) is 324 Å². The van der Waals surface area contributed by atoms with E-state index in [1.54, 1.807) is 0 Å². The number of carbonyl (C=O) groups excluding carboxylic acids is 3. The fourth-order valence-electron chi connectivity index (χ4n) is 10.7. The zero-order valence-corrected chi connectivity index (χ0v) is 70.6. The van der Waals surface area contributed by atoms with Gasteiger partial charge in [0, 0.05) is 19.3 Å². The standard InChI is InChI=1S/C93H150O16P2/c1-4-7-10-13-16-19-22-25-28-31-34-37-39-40-41-42-43-44-45-46-48-51-52-55-58-61-64-67-70-73-76-79-91(96)103-82-88(94)83-105-110(99,100)106-84-89(95)85-107-111(101,102)108-87-90(109-93(98)81-78-75-72-69-66-63-60-57-54-49-36-33-30-27-24-21-18-15-12-9-6-3)86-104-92(97)80-77-74-71-68-65-62-59-56-53-50-47-38-35-32-29-26-23-20-17-14-11-8-5-2/h7-12,16-21,25-30,34-38,40-41,49-50,53,57,59-60,62,66,69,88-90,94-95H,4-6,13-15,22-24,31-33,39,42-48,51-52,54-56,58,61,63-65,67-68,70-87H2,1-3H3,(H,99,100)(H,101,102)/b10-7-,11-8-,12-9-,19-16-,20-17-,21-18-,28-25-,29-26-,30-27-,37-34-,38-35-,41-40-,49-36-,53-50-,60-57-,62-59-,69-66-. The van der Waals surface area contributed by atoms with Gasteiger partial charge in [0.05, 0.1) is 26.4 Å². The summed E-state index contributed by atoms with van der Waals surface area (Å²) in [5, 5.41) is 20.7. The highest BCUT2D eigenvalue weighted by atomic mass is 31.2. The van der Waals surface area contributed by atoms with E-state index in [1.165, 1.54) is 77.0 Å². The molecule has 0 heterocycles. The average molecular weight is 1590 g/mol. The fraction of sp³-hybridized carbons (Fsp3) is 0.602. The predicted molar refractivity (Wildman–Crippen MR) is 463 cm³/mol. The molecule has 0 rings (SSSR count). The molecule has 0 aromatic rings. The summed E-state index contributed by atoms with van der Waals surface area (Å²) in [5.74, 6) is -1.67. The fourth-order valence-corrected chi connectivity index (χ4v) is 12.2. The molecule has 111 heavy (non-hydrogen) atoms. The summed E-state index contributed by atoms with van der Waals surface area (Å²) < 4.78 is 61.2. The van der Waals surface area contributed by atoms with E-state index in [9.17, 15) is 43.5 Å². The Bertz CT molecular complexity index is 2850. The minimum atomic E-state index is -4.96. The first-order valence-corrected chi connectivity index (χ1v) is 45.4. The Labute approximate surface area is 673 Å². The van der Waals surface area contributed by atoms with Crippen molar-refractivity contribution >= 4 is 33.6 Å². The van der Waals surface area contributed by atoms with Crippen molar-refractivity contribution in [3.8, 4) is 0 Å². The minimum absolute atomic E-state index is 0.0347. The molecule has 0 aliphatic heterocycles. The molecular weight excluding hydrogens is 1430 g/mol. The molecule has 0 saturated carbocycles. The second-order valence-corrected chi connectivity index (χ2v) is 30.4. The lowest BCUT2D eigenvalue weighted by molar-refractivity contribution is -0.161. The summed E-state index contributed by atoms with van der Waals surface area (Å²) >= 11 is 0. The minimum Gasteiger partial charge on any atom is -0.463 e. The quantitative estimate of drug-likeness (QED) is 0.0146. The van der Waals surface area contributed by atoms with Crippen molar-refractivity contribution < 1.29 is 75.8 Å². The number of phosphoric acid groups is 2. The number of allylic oxidation sites excluding steroid dienone is 34. The zero-order valence-electron chi connectivity index (χ0n) is 68.8. The molecule has 0 aromatic heterocycles. The van der Waals surface area contributed by atoms with Crippen molar-refractivity contribution in [1.82, 2.24) is 0 Å². The molecule has 0 fully saturated rings. The van der Waals surface area contributed by atoms with Gasteiger partial charge in [-0.25, -0.2) is 9.13 Å². The van der Waals surface area contributed by atoms with Gasteiger partial charge in [-0.2, -0.15) is 0 Å². The molecule has 0 aliphatic carbocycles. The van der Waals surface area contributed by atoms with Gasteiger partial charge < -0.3 is 34.2 Å². The van der Waals surface area contributed by atoms with Crippen molar-refractivity contribution in [2.45, 2.75) is 322 Å². The van der Waals surface area contributed by atoms with Gasteiger partial charge in [0.1, 0.15) is 25.4 Å². The van der Waals surface area contributed by atoms with Crippen molar-refractivity contribution in [3.05, 3.63) is 207 Å². The maximum Gasteiger partial charge on any atom is 0.472 e. The summed E-state index contributed by atoms with van der Waals surface area (Å²) in [7, 11) is -9.84. The number of hydrogen-bond donors (Lipinski definition) is 4. The Kier molecular flexibility index (Phi) is 79.1. The number of rotatable bonds is 78. The summed E-state index contributed by atoms with van der Waals surface area (Å²) in [5.41, 5.74) is 0. The number of esters is 3. The highest BCUT2D eigenvalue weighted by Gasteiger charge is 2.29. The molecule has 0 aliphatic rings. The number of unbranched alkanes of at least 4 members (excludes halogenated alkanes) is 21. The smallest absolute Gasteiger partial charge is 0.463 e. The van der Waals surface area contributed by atoms with Gasteiger partial charge >= 0.3 is 33.6 Å². The molecule has 0 aromatic carbocycles. The molecule has 0 saturated heterocycles. The molecule has 0 spiro atoms. The number of aliphatic hydroxyl groups is 2. The van der Waals surface area contributed by atoms with Crippen molar-refractivity contribution in [1.29, 1.82) is 0 Å². The van der Waals surface area contributed by atoms with Crippen LogP contribution in [0, 0.1) is 0 Å². The number of phosphoric ester groups is 2. The molecule has 5 atom stereocenters. The van der Waals surface area contributed by atoms with Crippen LogP contribution in [0.5, 0.6) is 0 Å². The highest BCUT2D eigenvalue weighted by Crippen LogP contribution is 2.45. The average Bonchev–Trinajstić information content (AvgIpc) is 0.902. The van der Waals surface area contributed by atoms with Crippen molar-refractivity contribution in [3.63, 3.8) is 0 Å². The first-order valence-electron chi connectivity index (χ1n) is 42.4. The van der Waals surface area contributed by atoms with E-state index < -0.39 is 91.5 Å². The van der Waals surface area contributed by atoms with Gasteiger partial charge in [0.2, 0.25) is 0 Å². The Hall–Kier alpha value is -5.87. The topological polar surface area (TPSA) is 231 Å². The van der Waals surface area contributed by atoms with Crippen LogP contribution < -0.4 is 0 Å². The van der Waals surface area contributed by atoms with Crippen molar-refractivity contribution in [2.75, 3.05) is 39.6 Å². The number of aliphatic hydroxyl groups excluding tert-OH is 2. The van der Waals surface area contributed by atoms with E-state index in [0.717, 1.165) is 161 Å². The molecule has 16 nitrogen and oxygen atoms in total. The maximum absolute atomic E-state index is 13.0. The largest absolute Gasteiger partial charge is 0.472 e. The van der Waals surface area contributed by atoms with E-state index in [4.69, 9.17) is 32.3 Å². The Morgan fingerprint density at radius 3 is 0.730 bits per heavy atom. The lowest BCUT2D eigenvalue weighted by Crippen LogP contribution is -2.30. The van der Waals surface area contributed by atoms with Crippen LogP contribution in [0.3, 0.4) is 0 Å². The SMILES string of the molecule is CC/C=C\C/C=C\C/C=C\C/C=C\C/C=C\C/C=C\CCCCCCC(=O)OCC(COP(=O)(O)OCC(O)COP(=O)(O)OCC(O)COC(=O)CCCCCCCCCCCCCCCCC/C=C\C/C=C\C/C=C\C/C=C\C/C=C\CC)OC(=O)CCCC/C=C\C/C=C\C/C=C\C/C=C\C/C=C\C/C=C\CC. The molecule has 4 N–H and O–H groups in total. The van der Waals surface area contributed by atoms with Gasteiger partial charge in [-0.3, -0.25) is 32.5 Å². The Balaban J connectivity index is 4.67. The molecule has 5 unspecified atom stereocenters. The van der Waals surface area contributed by atoms with Crippen molar-refractivity contribution in [2.24, 2.45) is 0 Å². The molecule has 0 bridgehead atoms. The van der Waals surface area contributed by atoms with Crippen LogP contribution in [0.15, 0.2) is 207 Å². The lowest BCUT2D eigenvalue weighted by Gasteiger charge is -2.21. The molecule has 628 valence electrons. The summed E-state index contributed by atoms with van der Waals surface area (Å²) in [6.45, 7) is 2.25. The highest BCUT2D eigenvalue weighted by molar-refractivity contribution is 7.47. The van der Waals surface area contributed by atoms with Crippen LogP contribution in [-0.2, 0) is 55.8 Å². The molecular formula is C93H150O16P2.